The van der Waals surface area contributed by atoms with Gasteiger partial charge in [0.2, 0.25) is 0 Å². The molecule has 3 heteroatoms. The highest BCUT2D eigenvalue weighted by atomic mass is 32.1. The van der Waals surface area contributed by atoms with E-state index < -0.39 is 0 Å². The third-order valence-electron chi connectivity index (χ3n) is 2.58. The van der Waals surface area contributed by atoms with Crippen LogP contribution in [0.4, 0.5) is 0 Å². The highest BCUT2D eigenvalue weighted by Crippen LogP contribution is 2.22. The number of rotatable bonds is 4. The average molecular weight is 233 g/mol. The van der Waals surface area contributed by atoms with Gasteiger partial charge in [-0.05, 0) is 12.5 Å². The van der Waals surface area contributed by atoms with Gasteiger partial charge >= 0.3 is 0 Å². The van der Waals surface area contributed by atoms with Crippen molar-refractivity contribution in [3.05, 3.63) is 52.0 Å². The number of hydrogen-bond donors (Lipinski definition) is 1. The third kappa shape index (κ3) is 2.68. The highest BCUT2D eigenvalue weighted by molar-refractivity contribution is 7.09. The van der Waals surface area contributed by atoms with Crippen LogP contribution in [0.15, 0.2) is 35.7 Å². The van der Waals surface area contributed by atoms with Gasteiger partial charge in [0, 0.05) is 23.4 Å². The molecule has 0 radical (unpaired) electrons. The number of aliphatic hydroxyl groups is 1. The van der Waals surface area contributed by atoms with Crippen LogP contribution in [-0.4, -0.2) is 16.7 Å². The molecular weight excluding hydrogens is 218 g/mol. The van der Waals surface area contributed by atoms with E-state index in [2.05, 4.69) is 22.5 Å². The van der Waals surface area contributed by atoms with Crippen molar-refractivity contribution in [3.63, 3.8) is 0 Å². The average Bonchev–Trinajstić information content (AvgIpc) is 2.73. The molecular formula is C13H15NOS. The van der Waals surface area contributed by atoms with Gasteiger partial charge in [0.15, 0.2) is 0 Å². The van der Waals surface area contributed by atoms with Crippen molar-refractivity contribution >= 4 is 11.3 Å². The number of aliphatic hydroxyl groups excluding tert-OH is 1. The van der Waals surface area contributed by atoms with E-state index in [1.54, 1.807) is 11.3 Å². The highest BCUT2D eigenvalue weighted by Gasteiger charge is 2.12. The molecule has 0 aliphatic heterocycles. The van der Waals surface area contributed by atoms with E-state index in [1.807, 2.05) is 25.1 Å². The van der Waals surface area contributed by atoms with Gasteiger partial charge in [-0.3, -0.25) is 0 Å². The lowest BCUT2D eigenvalue weighted by Gasteiger charge is -2.12. The minimum absolute atomic E-state index is 0.159. The van der Waals surface area contributed by atoms with Gasteiger partial charge in [-0.1, -0.05) is 30.3 Å². The maximum absolute atomic E-state index is 9.42. The second-order valence-electron chi connectivity index (χ2n) is 3.88. The van der Waals surface area contributed by atoms with Gasteiger partial charge < -0.3 is 5.11 Å². The Morgan fingerprint density at radius 2 is 2.06 bits per heavy atom. The lowest BCUT2D eigenvalue weighted by molar-refractivity contribution is 0.264. The van der Waals surface area contributed by atoms with E-state index in [0.29, 0.717) is 0 Å². The molecule has 0 amide bonds. The van der Waals surface area contributed by atoms with Crippen molar-refractivity contribution in [3.8, 4) is 0 Å². The lowest BCUT2D eigenvalue weighted by atomic mass is 9.97. The number of benzene rings is 1. The molecule has 1 atom stereocenters. The van der Waals surface area contributed by atoms with Crippen LogP contribution in [0.5, 0.6) is 0 Å². The Labute approximate surface area is 99.6 Å². The van der Waals surface area contributed by atoms with E-state index in [1.165, 1.54) is 5.56 Å². The first-order valence-corrected chi connectivity index (χ1v) is 6.24. The quantitative estimate of drug-likeness (QED) is 0.881. The Kier molecular flexibility index (Phi) is 3.70. The fourth-order valence-electron chi connectivity index (χ4n) is 1.72. The van der Waals surface area contributed by atoms with Crippen molar-refractivity contribution in [1.29, 1.82) is 0 Å². The molecule has 2 aromatic rings. The van der Waals surface area contributed by atoms with Crippen LogP contribution >= 0.6 is 11.3 Å². The minimum Gasteiger partial charge on any atom is -0.396 e. The molecule has 0 aliphatic rings. The van der Waals surface area contributed by atoms with E-state index >= 15 is 0 Å². The maximum atomic E-state index is 9.42. The summed E-state index contributed by atoms with van der Waals surface area (Å²) in [4.78, 5) is 4.43. The molecule has 84 valence electrons. The molecule has 1 heterocycles. The molecule has 1 unspecified atom stereocenters. The third-order valence-corrected chi connectivity index (χ3v) is 3.57. The van der Waals surface area contributed by atoms with E-state index in [4.69, 9.17) is 0 Å². The molecule has 2 rings (SSSR count). The second kappa shape index (κ2) is 5.23. The first-order chi connectivity index (χ1) is 7.79. The summed E-state index contributed by atoms with van der Waals surface area (Å²) in [5, 5.41) is 12.6. The molecule has 1 N–H and O–H groups in total. The topological polar surface area (TPSA) is 33.1 Å². The van der Waals surface area contributed by atoms with Gasteiger partial charge in [0.05, 0.1) is 11.6 Å². The van der Waals surface area contributed by atoms with Gasteiger partial charge in [-0.25, -0.2) is 4.98 Å². The fourth-order valence-corrected chi connectivity index (χ4v) is 2.57. The van der Waals surface area contributed by atoms with Crippen LogP contribution in [0.1, 0.15) is 22.2 Å². The summed E-state index contributed by atoms with van der Waals surface area (Å²) in [5.74, 6) is 0.159. The van der Waals surface area contributed by atoms with Crippen molar-refractivity contribution < 1.29 is 5.11 Å². The predicted octanol–water partition coefficient (Wildman–Crippen LogP) is 2.77. The Balaban J connectivity index is 2.12. The van der Waals surface area contributed by atoms with Crippen LogP contribution in [0.2, 0.25) is 0 Å². The Morgan fingerprint density at radius 1 is 1.31 bits per heavy atom. The van der Waals surface area contributed by atoms with E-state index in [9.17, 15) is 5.11 Å². The van der Waals surface area contributed by atoms with Crippen LogP contribution in [0.25, 0.3) is 0 Å². The first kappa shape index (κ1) is 11.3. The van der Waals surface area contributed by atoms with Crippen molar-refractivity contribution in [2.75, 3.05) is 6.61 Å². The zero-order chi connectivity index (χ0) is 11.4. The van der Waals surface area contributed by atoms with Gasteiger partial charge in [-0.2, -0.15) is 0 Å². The number of hydrogen-bond acceptors (Lipinski definition) is 3. The molecule has 16 heavy (non-hydrogen) atoms. The molecule has 0 spiro atoms. The van der Waals surface area contributed by atoms with Crippen molar-refractivity contribution in [1.82, 2.24) is 4.98 Å². The minimum atomic E-state index is 0.159. The molecule has 2 nitrogen and oxygen atoms in total. The molecule has 1 aromatic carbocycles. The normalized spacial score (nSPS) is 12.6. The summed E-state index contributed by atoms with van der Waals surface area (Å²) in [6, 6.07) is 10.1. The van der Waals surface area contributed by atoms with Crippen molar-refractivity contribution in [2.45, 2.75) is 19.3 Å². The maximum Gasteiger partial charge on any atom is 0.0935 e. The summed E-state index contributed by atoms with van der Waals surface area (Å²) < 4.78 is 0. The number of nitrogens with zero attached hydrogens (tertiary/aromatic N) is 1. The molecule has 0 saturated carbocycles. The summed E-state index contributed by atoms with van der Waals surface area (Å²) in [6.45, 7) is 2.17. The lowest BCUT2D eigenvalue weighted by Crippen LogP contribution is -2.07. The van der Waals surface area contributed by atoms with Gasteiger partial charge in [0.1, 0.15) is 0 Å². The molecule has 0 fully saturated rings. The zero-order valence-electron chi connectivity index (χ0n) is 9.26. The Bertz CT molecular complexity index is 438. The van der Waals surface area contributed by atoms with Gasteiger partial charge in [0.25, 0.3) is 0 Å². The van der Waals surface area contributed by atoms with Crippen molar-refractivity contribution in [2.24, 2.45) is 0 Å². The molecule has 0 saturated heterocycles. The van der Waals surface area contributed by atoms with Crippen LogP contribution in [0, 0.1) is 6.92 Å². The Hall–Kier alpha value is -1.19. The summed E-state index contributed by atoms with van der Waals surface area (Å²) in [7, 11) is 0. The number of aryl methyl sites for hydroxylation is 1. The standard InChI is InChI=1S/C13H15NOS/c1-10-9-16-13(14-10)7-12(8-15)11-5-3-2-4-6-11/h2-6,9,12,15H,7-8H2,1H3. The van der Waals surface area contributed by atoms with Crippen LogP contribution < -0.4 is 0 Å². The van der Waals surface area contributed by atoms with E-state index in [0.717, 1.165) is 17.1 Å². The largest absolute Gasteiger partial charge is 0.396 e. The predicted molar refractivity (Wildman–Crippen MR) is 66.8 cm³/mol. The molecule has 1 aromatic heterocycles. The fraction of sp³-hybridized carbons (Fsp3) is 0.308. The number of thiazole rings is 1. The van der Waals surface area contributed by atoms with Crippen LogP contribution in [-0.2, 0) is 6.42 Å². The number of aromatic nitrogens is 1. The van der Waals surface area contributed by atoms with E-state index in [-0.39, 0.29) is 12.5 Å². The monoisotopic (exact) mass is 233 g/mol. The Morgan fingerprint density at radius 3 is 2.62 bits per heavy atom. The molecule has 0 bridgehead atoms. The van der Waals surface area contributed by atoms with Gasteiger partial charge in [-0.15, -0.1) is 11.3 Å². The zero-order valence-corrected chi connectivity index (χ0v) is 10.1. The van der Waals surface area contributed by atoms with Crippen LogP contribution in [0.3, 0.4) is 0 Å². The summed E-state index contributed by atoms with van der Waals surface area (Å²) >= 11 is 1.67. The summed E-state index contributed by atoms with van der Waals surface area (Å²) in [6.07, 6.45) is 0.818. The summed E-state index contributed by atoms with van der Waals surface area (Å²) in [5.41, 5.74) is 2.24. The molecule has 0 aliphatic carbocycles. The first-order valence-electron chi connectivity index (χ1n) is 5.36. The second-order valence-corrected chi connectivity index (χ2v) is 4.82. The smallest absolute Gasteiger partial charge is 0.0935 e. The SMILES string of the molecule is Cc1csc(CC(CO)c2ccccc2)n1.